The fraction of sp³-hybridized carbons (Fsp3) is 0.692. The summed E-state index contributed by atoms with van der Waals surface area (Å²) in [7, 11) is 3.65. The second-order valence-corrected chi connectivity index (χ2v) is 4.73. The van der Waals surface area contributed by atoms with E-state index in [9.17, 15) is 0 Å². The van der Waals surface area contributed by atoms with Crippen molar-refractivity contribution in [3.05, 3.63) is 11.9 Å². The maximum atomic E-state index is 5.28. The Morgan fingerprint density at radius 3 is 3.00 bits per heavy atom. The second-order valence-electron chi connectivity index (χ2n) is 4.73. The minimum atomic E-state index is 0.516. The van der Waals surface area contributed by atoms with Crippen LogP contribution in [0.2, 0.25) is 0 Å². The molecule has 5 heteroatoms. The van der Waals surface area contributed by atoms with Crippen LogP contribution in [0.1, 0.15) is 24.8 Å². The smallest absolute Gasteiger partial charge is 0.221 e. The molecule has 0 amide bonds. The average molecular weight is 250 g/mol. The maximum absolute atomic E-state index is 5.28. The van der Waals surface area contributed by atoms with E-state index in [1.54, 1.807) is 13.4 Å². The van der Waals surface area contributed by atoms with Crippen LogP contribution >= 0.6 is 0 Å². The molecule has 0 aliphatic carbocycles. The summed E-state index contributed by atoms with van der Waals surface area (Å²) in [5.41, 5.74) is 1.03. The first kappa shape index (κ1) is 13.1. The van der Waals surface area contributed by atoms with Crippen molar-refractivity contribution in [2.45, 2.75) is 32.2 Å². The summed E-state index contributed by atoms with van der Waals surface area (Å²) in [6.45, 7) is 4.08. The molecule has 1 aromatic heterocycles. The van der Waals surface area contributed by atoms with Crippen molar-refractivity contribution in [3.8, 4) is 5.88 Å². The van der Waals surface area contributed by atoms with E-state index in [2.05, 4.69) is 20.2 Å². The van der Waals surface area contributed by atoms with E-state index < -0.39 is 0 Å². The molecule has 1 fully saturated rings. The highest BCUT2D eigenvalue weighted by molar-refractivity contribution is 5.51. The molecule has 0 bridgehead atoms. The van der Waals surface area contributed by atoms with Crippen molar-refractivity contribution >= 4 is 5.82 Å². The third-order valence-corrected chi connectivity index (χ3v) is 3.54. The largest absolute Gasteiger partial charge is 0.481 e. The molecule has 1 saturated heterocycles. The molecule has 1 aliphatic heterocycles. The number of rotatable bonds is 4. The number of ether oxygens (including phenoxy) is 1. The van der Waals surface area contributed by atoms with Crippen LogP contribution in [0.25, 0.3) is 0 Å². The van der Waals surface area contributed by atoms with E-state index >= 15 is 0 Å². The Bertz CT molecular complexity index is 395. The summed E-state index contributed by atoms with van der Waals surface area (Å²) in [6, 6.07) is 0.516. The number of nitrogens with one attached hydrogen (secondary N) is 1. The van der Waals surface area contributed by atoms with Gasteiger partial charge in [0.2, 0.25) is 5.88 Å². The predicted molar refractivity (Wildman–Crippen MR) is 72.2 cm³/mol. The van der Waals surface area contributed by atoms with Gasteiger partial charge >= 0.3 is 0 Å². The monoisotopic (exact) mass is 250 g/mol. The number of hydrogen-bond acceptors (Lipinski definition) is 5. The first-order chi connectivity index (χ1) is 8.77. The first-order valence-electron chi connectivity index (χ1n) is 6.54. The minimum absolute atomic E-state index is 0.516. The molecule has 0 spiro atoms. The van der Waals surface area contributed by atoms with Gasteiger partial charge in [-0.2, -0.15) is 0 Å². The van der Waals surface area contributed by atoms with Gasteiger partial charge in [-0.15, -0.1) is 0 Å². The molecule has 1 atom stereocenters. The first-order valence-corrected chi connectivity index (χ1v) is 6.54. The molecule has 100 valence electrons. The van der Waals surface area contributed by atoms with Crippen LogP contribution in [0.5, 0.6) is 5.88 Å². The summed E-state index contributed by atoms with van der Waals surface area (Å²) in [5.74, 6) is 1.69. The van der Waals surface area contributed by atoms with Crippen molar-refractivity contribution in [2.24, 2.45) is 0 Å². The van der Waals surface area contributed by atoms with Crippen molar-refractivity contribution in [1.82, 2.24) is 15.3 Å². The Morgan fingerprint density at radius 2 is 2.28 bits per heavy atom. The summed E-state index contributed by atoms with van der Waals surface area (Å²) in [6.07, 6.45) is 5.33. The normalized spacial score (nSPS) is 19.9. The Morgan fingerprint density at radius 1 is 1.44 bits per heavy atom. The highest BCUT2D eigenvalue weighted by Gasteiger charge is 2.25. The van der Waals surface area contributed by atoms with Crippen molar-refractivity contribution in [2.75, 3.05) is 32.1 Å². The lowest BCUT2D eigenvalue weighted by molar-refractivity contribution is 0.391. The number of aromatic nitrogens is 2. The third kappa shape index (κ3) is 2.56. The van der Waals surface area contributed by atoms with Gasteiger partial charge in [0, 0.05) is 19.1 Å². The van der Waals surface area contributed by atoms with Gasteiger partial charge in [0.1, 0.15) is 12.1 Å². The minimum Gasteiger partial charge on any atom is -0.481 e. The number of methoxy groups -OCH3 is 1. The molecule has 2 heterocycles. The van der Waals surface area contributed by atoms with Crippen molar-refractivity contribution in [1.29, 1.82) is 0 Å². The fourth-order valence-electron chi connectivity index (χ4n) is 2.65. The van der Waals surface area contributed by atoms with Crippen LogP contribution in [0.4, 0.5) is 5.82 Å². The molecule has 1 aromatic rings. The van der Waals surface area contributed by atoms with Crippen LogP contribution in [0.15, 0.2) is 6.33 Å². The van der Waals surface area contributed by atoms with E-state index in [0.717, 1.165) is 24.5 Å². The lowest BCUT2D eigenvalue weighted by Gasteiger charge is -2.37. The standard InChI is InChI=1S/C13H22N4O/c1-10-12(15-9-16-13(10)18-3)17-7-5-4-6-11(17)8-14-2/h9,11,14H,4-8H2,1-3H3. The zero-order valence-corrected chi connectivity index (χ0v) is 11.4. The summed E-state index contributed by atoms with van der Waals surface area (Å²) >= 11 is 0. The Hall–Kier alpha value is -1.36. The summed E-state index contributed by atoms with van der Waals surface area (Å²) < 4.78 is 5.28. The van der Waals surface area contributed by atoms with Gasteiger partial charge in [0.15, 0.2) is 0 Å². The molecule has 2 rings (SSSR count). The predicted octanol–water partition coefficient (Wildman–Crippen LogP) is 1.37. The molecular weight excluding hydrogens is 228 g/mol. The lowest BCUT2D eigenvalue weighted by Crippen LogP contribution is -2.45. The zero-order chi connectivity index (χ0) is 13.0. The molecule has 18 heavy (non-hydrogen) atoms. The van der Waals surface area contributed by atoms with Gasteiger partial charge in [0.05, 0.1) is 12.7 Å². The van der Waals surface area contributed by atoms with Crippen molar-refractivity contribution < 1.29 is 4.74 Å². The molecular formula is C13H22N4O. The van der Waals surface area contributed by atoms with Gasteiger partial charge in [-0.3, -0.25) is 0 Å². The fourth-order valence-corrected chi connectivity index (χ4v) is 2.65. The van der Waals surface area contributed by atoms with Gasteiger partial charge in [-0.25, -0.2) is 9.97 Å². The molecule has 0 saturated carbocycles. The zero-order valence-electron chi connectivity index (χ0n) is 11.4. The number of likely N-dealkylation sites (N-methyl/N-ethyl adjacent to an activating group) is 1. The van der Waals surface area contributed by atoms with E-state index in [1.807, 2.05) is 14.0 Å². The molecule has 0 radical (unpaired) electrons. The molecule has 1 unspecified atom stereocenters. The highest BCUT2D eigenvalue weighted by atomic mass is 16.5. The quantitative estimate of drug-likeness (QED) is 0.874. The molecule has 1 aliphatic rings. The number of piperidine rings is 1. The summed E-state index contributed by atoms with van der Waals surface area (Å²) in [5, 5.41) is 3.27. The number of nitrogens with zero attached hydrogens (tertiary/aromatic N) is 3. The molecule has 5 nitrogen and oxygen atoms in total. The van der Waals surface area contributed by atoms with Crippen molar-refractivity contribution in [3.63, 3.8) is 0 Å². The molecule has 0 aromatic carbocycles. The average Bonchev–Trinajstić information content (AvgIpc) is 2.40. The van der Waals surface area contributed by atoms with Gasteiger partial charge in [-0.05, 0) is 33.2 Å². The third-order valence-electron chi connectivity index (χ3n) is 3.54. The van der Waals surface area contributed by atoms with Crippen LogP contribution in [0.3, 0.4) is 0 Å². The maximum Gasteiger partial charge on any atom is 0.221 e. The Labute approximate surface area is 109 Å². The lowest BCUT2D eigenvalue weighted by atomic mass is 10.0. The van der Waals surface area contributed by atoms with Crippen LogP contribution < -0.4 is 15.0 Å². The van der Waals surface area contributed by atoms with E-state index in [-0.39, 0.29) is 0 Å². The van der Waals surface area contributed by atoms with Gasteiger partial charge in [-0.1, -0.05) is 0 Å². The number of anilines is 1. The number of hydrogen-bond donors (Lipinski definition) is 1. The van der Waals surface area contributed by atoms with Crippen LogP contribution in [-0.4, -0.2) is 43.3 Å². The topological polar surface area (TPSA) is 50.3 Å². The highest BCUT2D eigenvalue weighted by Crippen LogP contribution is 2.28. The second kappa shape index (κ2) is 6.00. The van der Waals surface area contributed by atoms with Gasteiger partial charge in [0.25, 0.3) is 0 Å². The SMILES string of the molecule is CNCC1CCCCN1c1ncnc(OC)c1C. The Balaban J connectivity index is 2.27. The van der Waals surface area contributed by atoms with Crippen LogP contribution in [-0.2, 0) is 0 Å². The van der Waals surface area contributed by atoms with E-state index in [4.69, 9.17) is 4.74 Å². The summed E-state index contributed by atoms with van der Waals surface area (Å²) in [4.78, 5) is 11.0. The van der Waals surface area contributed by atoms with Gasteiger partial charge < -0.3 is 15.0 Å². The Kier molecular flexibility index (Phi) is 4.36. The van der Waals surface area contributed by atoms with E-state index in [0.29, 0.717) is 11.9 Å². The van der Waals surface area contributed by atoms with E-state index in [1.165, 1.54) is 19.3 Å². The molecule has 1 N–H and O–H groups in total. The van der Waals surface area contributed by atoms with Crippen LogP contribution in [0, 0.1) is 6.92 Å².